The highest BCUT2D eigenvalue weighted by atomic mass is 14.2. The highest BCUT2D eigenvalue weighted by Crippen LogP contribution is 2.48. The summed E-state index contributed by atoms with van der Waals surface area (Å²) in [6.07, 6.45) is 0. The molecule has 0 heteroatoms. The van der Waals surface area contributed by atoms with Crippen LogP contribution in [0, 0.1) is 0 Å². The fraction of sp³-hybridized carbons (Fsp3) is 0. The van der Waals surface area contributed by atoms with Gasteiger partial charge in [0, 0.05) is 0 Å². The standard InChI is InChI=1S/C50H32/c1-3-14-33(15-4-1)37-26-28-39(34-16-5-2-6-17-34)48(32-37)50-45-22-11-9-20-43(45)49(44-21-10-12-23-46(44)50)42-25-13-24-40-41(42)29-27-38-30-35-18-7-8-19-36(35)31-47(38)40/h1-32H. The van der Waals surface area contributed by atoms with Gasteiger partial charge in [0.25, 0.3) is 0 Å². The van der Waals surface area contributed by atoms with Crippen molar-refractivity contribution in [1.29, 1.82) is 0 Å². The van der Waals surface area contributed by atoms with Crippen LogP contribution in [0.25, 0.3) is 98.4 Å². The van der Waals surface area contributed by atoms with Crippen LogP contribution in [-0.2, 0) is 0 Å². The molecule has 0 saturated heterocycles. The molecule has 0 aliphatic carbocycles. The van der Waals surface area contributed by atoms with Crippen molar-refractivity contribution in [3.8, 4) is 44.5 Å². The van der Waals surface area contributed by atoms with Gasteiger partial charge in [-0.05, 0) is 117 Å². The van der Waals surface area contributed by atoms with Gasteiger partial charge in [-0.2, -0.15) is 0 Å². The molecule has 0 N–H and O–H groups in total. The summed E-state index contributed by atoms with van der Waals surface area (Å²) >= 11 is 0. The van der Waals surface area contributed by atoms with E-state index in [2.05, 4.69) is 194 Å². The van der Waals surface area contributed by atoms with Crippen LogP contribution in [0.1, 0.15) is 0 Å². The first-order chi connectivity index (χ1) is 24.8. The number of rotatable bonds is 4. The highest BCUT2D eigenvalue weighted by Gasteiger charge is 2.21. The summed E-state index contributed by atoms with van der Waals surface area (Å²) in [6.45, 7) is 0. The second kappa shape index (κ2) is 11.6. The van der Waals surface area contributed by atoms with Gasteiger partial charge >= 0.3 is 0 Å². The van der Waals surface area contributed by atoms with Gasteiger partial charge in [-0.3, -0.25) is 0 Å². The first-order valence-electron chi connectivity index (χ1n) is 17.4. The van der Waals surface area contributed by atoms with Gasteiger partial charge < -0.3 is 0 Å². The van der Waals surface area contributed by atoms with Crippen LogP contribution in [0.5, 0.6) is 0 Å². The molecule has 232 valence electrons. The van der Waals surface area contributed by atoms with Crippen molar-refractivity contribution >= 4 is 53.9 Å². The average molecular weight is 633 g/mol. The van der Waals surface area contributed by atoms with Crippen LogP contribution in [-0.4, -0.2) is 0 Å². The van der Waals surface area contributed by atoms with Gasteiger partial charge in [0.1, 0.15) is 0 Å². The van der Waals surface area contributed by atoms with Gasteiger partial charge in [-0.25, -0.2) is 0 Å². The second-order valence-corrected chi connectivity index (χ2v) is 13.2. The largest absolute Gasteiger partial charge is 0.0622 e. The molecule has 0 bridgehead atoms. The Morgan fingerprint density at radius 2 is 0.740 bits per heavy atom. The van der Waals surface area contributed by atoms with E-state index in [4.69, 9.17) is 0 Å². The maximum atomic E-state index is 2.40. The molecular formula is C50H32. The maximum absolute atomic E-state index is 2.40. The fourth-order valence-electron chi connectivity index (χ4n) is 8.14. The lowest BCUT2D eigenvalue weighted by molar-refractivity contribution is 1.58. The number of benzene rings is 10. The van der Waals surface area contributed by atoms with Crippen molar-refractivity contribution in [2.75, 3.05) is 0 Å². The molecule has 10 rings (SSSR count). The average Bonchev–Trinajstić information content (AvgIpc) is 3.19. The van der Waals surface area contributed by atoms with Gasteiger partial charge in [-0.1, -0.05) is 176 Å². The van der Waals surface area contributed by atoms with Crippen LogP contribution in [0.2, 0.25) is 0 Å². The molecule has 50 heavy (non-hydrogen) atoms. The summed E-state index contributed by atoms with van der Waals surface area (Å²) in [6, 6.07) is 71.4. The molecular weight excluding hydrogens is 601 g/mol. The first kappa shape index (κ1) is 28.5. The highest BCUT2D eigenvalue weighted by molar-refractivity contribution is 6.26. The summed E-state index contributed by atoms with van der Waals surface area (Å²) in [4.78, 5) is 0. The van der Waals surface area contributed by atoms with E-state index in [-0.39, 0.29) is 0 Å². The van der Waals surface area contributed by atoms with E-state index in [9.17, 15) is 0 Å². The van der Waals surface area contributed by atoms with E-state index in [0.717, 1.165) is 0 Å². The Balaban J connectivity index is 1.31. The third kappa shape index (κ3) is 4.54. The van der Waals surface area contributed by atoms with E-state index in [0.29, 0.717) is 0 Å². The topological polar surface area (TPSA) is 0 Å². The molecule has 10 aromatic carbocycles. The minimum absolute atomic E-state index is 1.21. The lowest BCUT2D eigenvalue weighted by Gasteiger charge is -2.21. The Morgan fingerprint density at radius 3 is 1.40 bits per heavy atom. The molecule has 0 spiro atoms. The van der Waals surface area contributed by atoms with E-state index >= 15 is 0 Å². The molecule has 0 amide bonds. The second-order valence-electron chi connectivity index (χ2n) is 13.2. The summed E-state index contributed by atoms with van der Waals surface area (Å²) in [7, 11) is 0. The molecule has 0 atom stereocenters. The monoisotopic (exact) mass is 632 g/mol. The zero-order chi connectivity index (χ0) is 33.0. The Kier molecular flexibility index (Phi) is 6.60. The molecule has 0 aliphatic rings. The number of hydrogen-bond donors (Lipinski definition) is 0. The zero-order valence-corrected chi connectivity index (χ0v) is 27.5. The fourth-order valence-corrected chi connectivity index (χ4v) is 8.14. The lowest BCUT2D eigenvalue weighted by atomic mass is 9.82. The van der Waals surface area contributed by atoms with Gasteiger partial charge in [0.15, 0.2) is 0 Å². The van der Waals surface area contributed by atoms with Crippen LogP contribution in [0.3, 0.4) is 0 Å². The van der Waals surface area contributed by atoms with Crippen molar-refractivity contribution < 1.29 is 0 Å². The van der Waals surface area contributed by atoms with Crippen LogP contribution in [0.4, 0.5) is 0 Å². The number of hydrogen-bond acceptors (Lipinski definition) is 0. The molecule has 0 radical (unpaired) electrons. The SMILES string of the molecule is c1ccc(-c2ccc(-c3ccccc3)c(-c3c4ccccc4c(-c4cccc5c4ccc4cc6ccccc6cc45)c4ccccc34)c2)cc1. The van der Waals surface area contributed by atoms with Crippen LogP contribution >= 0.6 is 0 Å². The third-order valence-corrected chi connectivity index (χ3v) is 10.4. The first-order valence-corrected chi connectivity index (χ1v) is 17.4. The van der Waals surface area contributed by atoms with Crippen molar-refractivity contribution in [2.24, 2.45) is 0 Å². The summed E-state index contributed by atoms with van der Waals surface area (Å²) in [5.74, 6) is 0. The van der Waals surface area contributed by atoms with Crippen molar-refractivity contribution in [3.05, 3.63) is 194 Å². The number of fused-ring (bicyclic) bond motifs is 6. The third-order valence-electron chi connectivity index (χ3n) is 10.4. The maximum Gasteiger partial charge on any atom is -0.00199 e. The Labute approximate surface area is 291 Å². The van der Waals surface area contributed by atoms with E-state index in [1.54, 1.807) is 0 Å². The summed E-state index contributed by atoms with van der Waals surface area (Å²) in [5.41, 5.74) is 9.94. The normalized spacial score (nSPS) is 11.6. The molecule has 0 aromatic heterocycles. The predicted molar refractivity (Wildman–Crippen MR) is 216 cm³/mol. The van der Waals surface area contributed by atoms with Crippen molar-refractivity contribution in [1.82, 2.24) is 0 Å². The van der Waals surface area contributed by atoms with Gasteiger partial charge in [-0.15, -0.1) is 0 Å². The van der Waals surface area contributed by atoms with Crippen LogP contribution < -0.4 is 0 Å². The summed E-state index contributed by atoms with van der Waals surface area (Å²) in [5, 5.41) is 12.7. The Hall–Kier alpha value is -6.50. The molecule has 0 nitrogen and oxygen atoms in total. The van der Waals surface area contributed by atoms with Crippen molar-refractivity contribution in [3.63, 3.8) is 0 Å². The molecule has 0 saturated carbocycles. The molecule has 0 unspecified atom stereocenters. The molecule has 0 heterocycles. The smallest absolute Gasteiger partial charge is 0.00199 e. The minimum Gasteiger partial charge on any atom is -0.0622 e. The zero-order valence-electron chi connectivity index (χ0n) is 27.5. The van der Waals surface area contributed by atoms with Crippen LogP contribution in [0.15, 0.2) is 194 Å². The Bertz CT molecular complexity index is 2840. The van der Waals surface area contributed by atoms with Gasteiger partial charge in [0.2, 0.25) is 0 Å². The van der Waals surface area contributed by atoms with Crippen molar-refractivity contribution in [2.45, 2.75) is 0 Å². The molecule has 0 fully saturated rings. The Morgan fingerprint density at radius 1 is 0.200 bits per heavy atom. The van der Waals surface area contributed by atoms with E-state index < -0.39 is 0 Å². The molecule has 10 aromatic rings. The molecule has 0 aliphatic heterocycles. The lowest BCUT2D eigenvalue weighted by Crippen LogP contribution is -1.94. The summed E-state index contributed by atoms with van der Waals surface area (Å²) < 4.78 is 0. The minimum atomic E-state index is 1.21. The van der Waals surface area contributed by atoms with Gasteiger partial charge in [0.05, 0.1) is 0 Å². The predicted octanol–water partition coefficient (Wildman–Crippen LogP) is 14.1. The van der Waals surface area contributed by atoms with E-state index in [1.807, 2.05) is 0 Å². The van der Waals surface area contributed by atoms with E-state index in [1.165, 1.54) is 98.4 Å². The quantitative estimate of drug-likeness (QED) is 0.134.